The van der Waals surface area contributed by atoms with Crippen molar-refractivity contribution in [1.82, 2.24) is 9.88 Å². The Hall–Kier alpha value is -2.69. The standard InChI is InChI=1S/C24H24ClN3O/c25-23-12-10-21(16-26-23)27-24(29)19-9-11-22(18-7-3-1-4-8-18)20(15-19)17-28-13-5-2-6-14-28/h1,3-4,7-12,15-16H,2,5-6,13-14,17H2,(H,27,29). The summed E-state index contributed by atoms with van der Waals surface area (Å²) in [6.45, 7) is 3.08. The second kappa shape index (κ2) is 9.21. The van der Waals surface area contributed by atoms with Crippen molar-refractivity contribution in [3.8, 4) is 11.1 Å². The van der Waals surface area contributed by atoms with Gasteiger partial charge in [-0.3, -0.25) is 9.69 Å². The molecule has 29 heavy (non-hydrogen) atoms. The minimum Gasteiger partial charge on any atom is -0.321 e. The molecule has 4 nitrogen and oxygen atoms in total. The van der Waals surface area contributed by atoms with Crippen molar-refractivity contribution in [2.75, 3.05) is 18.4 Å². The Morgan fingerprint density at radius 2 is 1.79 bits per heavy atom. The van der Waals surface area contributed by atoms with E-state index < -0.39 is 0 Å². The van der Waals surface area contributed by atoms with Crippen molar-refractivity contribution in [3.05, 3.63) is 83.1 Å². The molecule has 0 unspecified atom stereocenters. The number of hydrogen-bond donors (Lipinski definition) is 1. The van der Waals surface area contributed by atoms with Gasteiger partial charge in [-0.2, -0.15) is 0 Å². The summed E-state index contributed by atoms with van der Waals surface area (Å²) in [4.78, 5) is 19.3. The predicted octanol–water partition coefficient (Wildman–Crippen LogP) is 5.64. The first-order valence-corrected chi connectivity index (χ1v) is 10.4. The average Bonchev–Trinajstić information content (AvgIpc) is 2.76. The number of nitrogens with one attached hydrogen (secondary N) is 1. The van der Waals surface area contributed by atoms with Crippen LogP contribution < -0.4 is 5.32 Å². The second-order valence-electron chi connectivity index (χ2n) is 7.40. The zero-order valence-corrected chi connectivity index (χ0v) is 17.0. The Morgan fingerprint density at radius 3 is 2.52 bits per heavy atom. The Bertz CT molecular complexity index is 967. The zero-order valence-electron chi connectivity index (χ0n) is 16.3. The molecule has 0 spiro atoms. The third-order valence-corrected chi connectivity index (χ3v) is 5.50. The van der Waals surface area contributed by atoms with E-state index in [1.807, 2.05) is 30.3 Å². The molecular formula is C24H24ClN3O. The Balaban J connectivity index is 1.62. The molecule has 0 radical (unpaired) electrons. The molecule has 1 aromatic heterocycles. The molecule has 1 N–H and O–H groups in total. The summed E-state index contributed by atoms with van der Waals surface area (Å²) < 4.78 is 0. The van der Waals surface area contributed by atoms with Crippen molar-refractivity contribution >= 4 is 23.2 Å². The summed E-state index contributed by atoms with van der Waals surface area (Å²) in [6, 6.07) is 19.7. The smallest absolute Gasteiger partial charge is 0.255 e. The molecule has 2 aromatic carbocycles. The van der Waals surface area contributed by atoms with E-state index in [4.69, 9.17) is 11.6 Å². The molecule has 0 saturated carbocycles. The van der Waals surface area contributed by atoms with Gasteiger partial charge in [-0.1, -0.05) is 54.4 Å². The number of rotatable bonds is 5. The largest absolute Gasteiger partial charge is 0.321 e. The van der Waals surface area contributed by atoms with E-state index in [1.165, 1.54) is 36.0 Å². The van der Waals surface area contributed by atoms with Crippen LogP contribution in [0.3, 0.4) is 0 Å². The number of benzene rings is 2. The van der Waals surface area contributed by atoms with E-state index in [-0.39, 0.29) is 5.91 Å². The number of piperidine rings is 1. The number of anilines is 1. The third-order valence-electron chi connectivity index (χ3n) is 5.28. The van der Waals surface area contributed by atoms with E-state index in [0.717, 1.165) is 19.6 Å². The van der Waals surface area contributed by atoms with Crippen LogP contribution in [0.5, 0.6) is 0 Å². The van der Waals surface area contributed by atoms with Gasteiger partial charge in [-0.25, -0.2) is 4.98 Å². The fourth-order valence-electron chi connectivity index (χ4n) is 3.78. The molecule has 0 aliphatic carbocycles. The van der Waals surface area contributed by atoms with Crippen LogP contribution in [-0.2, 0) is 6.54 Å². The van der Waals surface area contributed by atoms with E-state index in [1.54, 1.807) is 18.3 Å². The number of pyridine rings is 1. The lowest BCUT2D eigenvalue weighted by Gasteiger charge is -2.27. The first-order chi connectivity index (χ1) is 14.2. The number of amides is 1. The minimum atomic E-state index is -0.145. The zero-order chi connectivity index (χ0) is 20.1. The first kappa shape index (κ1) is 19.6. The van der Waals surface area contributed by atoms with Gasteiger partial charge in [0.05, 0.1) is 11.9 Å². The topological polar surface area (TPSA) is 45.2 Å². The van der Waals surface area contributed by atoms with Gasteiger partial charge in [-0.05, 0) is 66.9 Å². The molecule has 3 aromatic rings. The van der Waals surface area contributed by atoms with Gasteiger partial charge in [-0.15, -0.1) is 0 Å². The molecule has 148 valence electrons. The summed E-state index contributed by atoms with van der Waals surface area (Å²) >= 11 is 5.83. The average molecular weight is 406 g/mol. The Morgan fingerprint density at radius 1 is 1.00 bits per heavy atom. The predicted molar refractivity (Wildman–Crippen MR) is 118 cm³/mol. The molecule has 4 rings (SSSR count). The number of halogens is 1. The summed E-state index contributed by atoms with van der Waals surface area (Å²) in [7, 11) is 0. The Kier molecular flexibility index (Phi) is 6.23. The maximum absolute atomic E-state index is 12.8. The van der Waals surface area contributed by atoms with Crippen LogP contribution in [0.4, 0.5) is 5.69 Å². The summed E-state index contributed by atoms with van der Waals surface area (Å²) in [6.07, 6.45) is 5.35. The van der Waals surface area contributed by atoms with Crippen LogP contribution in [0.1, 0.15) is 35.2 Å². The summed E-state index contributed by atoms with van der Waals surface area (Å²) in [5.74, 6) is -0.145. The highest BCUT2D eigenvalue weighted by molar-refractivity contribution is 6.29. The molecule has 5 heteroatoms. The summed E-state index contributed by atoms with van der Waals surface area (Å²) in [5, 5.41) is 3.30. The number of aromatic nitrogens is 1. The van der Waals surface area contributed by atoms with Crippen LogP contribution in [0, 0.1) is 0 Å². The van der Waals surface area contributed by atoms with Crippen molar-refractivity contribution in [2.24, 2.45) is 0 Å². The molecule has 1 aliphatic rings. The van der Waals surface area contributed by atoms with E-state index in [0.29, 0.717) is 16.4 Å². The van der Waals surface area contributed by atoms with Gasteiger partial charge < -0.3 is 5.32 Å². The van der Waals surface area contributed by atoms with Gasteiger partial charge in [0.15, 0.2) is 0 Å². The lowest BCUT2D eigenvalue weighted by molar-refractivity contribution is 0.102. The highest BCUT2D eigenvalue weighted by Crippen LogP contribution is 2.27. The minimum absolute atomic E-state index is 0.145. The molecule has 0 atom stereocenters. The number of nitrogens with zero attached hydrogens (tertiary/aromatic N) is 2. The normalized spacial score (nSPS) is 14.5. The van der Waals surface area contributed by atoms with Crippen LogP contribution >= 0.6 is 11.6 Å². The fraction of sp³-hybridized carbons (Fsp3) is 0.250. The van der Waals surface area contributed by atoms with Crippen LogP contribution in [-0.4, -0.2) is 28.9 Å². The maximum Gasteiger partial charge on any atom is 0.255 e. The van der Waals surface area contributed by atoms with Gasteiger partial charge in [0.1, 0.15) is 5.15 Å². The molecule has 1 fully saturated rings. The monoisotopic (exact) mass is 405 g/mol. The molecule has 1 saturated heterocycles. The van der Waals surface area contributed by atoms with Crippen molar-refractivity contribution in [3.63, 3.8) is 0 Å². The Labute approximate surface area is 176 Å². The molecule has 0 bridgehead atoms. The number of likely N-dealkylation sites (tertiary alicyclic amines) is 1. The molecule has 1 aliphatic heterocycles. The number of hydrogen-bond acceptors (Lipinski definition) is 3. The van der Waals surface area contributed by atoms with Crippen LogP contribution in [0.15, 0.2) is 66.9 Å². The number of carbonyl (C=O) groups excluding carboxylic acids is 1. The number of carbonyl (C=O) groups is 1. The molecule has 1 amide bonds. The van der Waals surface area contributed by atoms with Crippen LogP contribution in [0.2, 0.25) is 5.15 Å². The van der Waals surface area contributed by atoms with Crippen molar-refractivity contribution in [1.29, 1.82) is 0 Å². The quantitative estimate of drug-likeness (QED) is 0.558. The fourth-order valence-corrected chi connectivity index (χ4v) is 3.89. The van der Waals surface area contributed by atoms with Gasteiger partial charge in [0, 0.05) is 12.1 Å². The maximum atomic E-state index is 12.8. The van der Waals surface area contributed by atoms with Gasteiger partial charge in [0.25, 0.3) is 5.91 Å². The highest BCUT2D eigenvalue weighted by atomic mass is 35.5. The summed E-state index contributed by atoms with van der Waals surface area (Å²) in [5.41, 5.74) is 4.81. The van der Waals surface area contributed by atoms with E-state index >= 15 is 0 Å². The SMILES string of the molecule is O=C(Nc1ccc(Cl)nc1)c1ccc(-c2ccccc2)c(CN2CCCCC2)c1. The first-order valence-electron chi connectivity index (χ1n) is 10.0. The van der Waals surface area contributed by atoms with Crippen molar-refractivity contribution < 1.29 is 4.79 Å². The van der Waals surface area contributed by atoms with Crippen LogP contribution in [0.25, 0.3) is 11.1 Å². The second-order valence-corrected chi connectivity index (χ2v) is 7.79. The molecular weight excluding hydrogens is 382 g/mol. The van der Waals surface area contributed by atoms with E-state index in [9.17, 15) is 4.79 Å². The van der Waals surface area contributed by atoms with E-state index in [2.05, 4.69) is 33.4 Å². The lowest BCUT2D eigenvalue weighted by atomic mass is 9.96. The molecule has 2 heterocycles. The third kappa shape index (κ3) is 5.03. The van der Waals surface area contributed by atoms with Crippen molar-refractivity contribution in [2.45, 2.75) is 25.8 Å². The highest BCUT2D eigenvalue weighted by Gasteiger charge is 2.16. The van der Waals surface area contributed by atoms with Gasteiger partial charge in [0.2, 0.25) is 0 Å². The van der Waals surface area contributed by atoms with Gasteiger partial charge >= 0.3 is 0 Å². The lowest BCUT2D eigenvalue weighted by Crippen LogP contribution is -2.29.